The maximum absolute atomic E-state index is 14.1. The Morgan fingerprint density at radius 2 is 2.28 bits per heavy atom. The van der Waals surface area contributed by atoms with E-state index in [0.29, 0.717) is 5.92 Å². The largest absolute Gasteiger partial charge is 0.358 e. The highest BCUT2D eigenvalue weighted by Crippen LogP contribution is 2.36. The third-order valence-corrected chi connectivity index (χ3v) is 4.50. The molecular formula is C15H19FN2. The number of rotatable bonds is 0. The van der Waals surface area contributed by atoms with E-state index in [9.17, 15) is 4.39 Å². The Morgan fingerprint density at radius 3 is 3.22 bits per heavy atom. The maximum atomic E-state index is 14.1. The van der Waals surface area contributed by atoms with Crippen LogP contribution >= 0.6 is 0 Å². The fourth-order valence-electron chi connectivity index (χ4n) is 3.66. The number of nitrogens with zero attached hydrogens (tertiary/aromatic N) is 1. The highest BCUT2D eigenvalue weighted by atomic mass is 19.1. The van der Waals surface area contributed by atoms with Gasteiger partial charge in [0, 0.05) is 37.0 Å². The summed E-state index contributed by atoms with van der Waals surface area (Å²) in [4.78, 5) is 6.01. The van der Waals surface area contributed by atoms with E-state index in [1.54, 1.807) is 12.1 Å². The van der Waals surface area contributed by atoms with Crippen LogP contribution in [0.15, 0.2) is 18.2 Å². The van der Waals surface area contributed by atoms with E-state index in [-0.39, 0.29) is 7.24 Å². The number of nitrogens with one attached hydrogen (secondary N) is 1. The predicted molar refractivity (Wildman–Crippen MR) is 72.5 cm³/mol. The quantitative estimate of drug-likeness (QED) is 0.755. The number of hydrogen-bond donors (Lipinski definition) is 1. The smallest absolute Gasteiger partial charge is 0.132 e. The molecule has 2 nitrogen and oxygen atoms in total. The van der Waals surface area contributed by atoms with Gasteiger partial charge in [0.2, 0.25) is 0 Å². The van der Waals surface area contributed by atoms with Crippen LogP contribution in [0.2, 0.25) is 0 Å². The fraction of sp³-hybridized carbons (Fsp3) is 0.467. The first-order valence-electron chi connectivity index (χ1n) is 6.84. The Morgan fingerprint density at radius 1 is 1.33 bits per heavy atom. The molecule has 1 saturated heterocycles. The van der Waals surface area contributed by atoms with Gasteiger partial charge in [0.25, 0.3) is 0 Å². The number of fused-ring (bicyclic) bond motifs is 6. The minimum atomic E-state index is -0.0727. The lowest BCUT2D eigenvalue weighted by Gasteiger charge is -2.29. The van der Waals surface area contributed by atoms with Crippen molar-refractivity contribution in [2.45, 2.75) is 25.2 Å². The molecule has 0 aliphatic carbocycles. The summed E-state index contributed by atoms with van der Waals surface area (Å²) in [6.07, 6.45) is 3.48. The molecule has 2 atom stereocenters. The molecule has 0 spiro atoms. The topological polar surface area (TPSA) is 19.0 Å². The van der Waals surface area contributed by atoms with Crippen molar-refractivity contribution in [3.8, 4) is 0 Å². The zero-order valence-electron chi connectivity index (χ0n) is 10.4. The van der Waals surface area contributed by atoms with Crippen LogP contribution in [0.4, 0.5) is 4.39 Å². The summed E-state index contributed by atoms with van der Waals surface area (Å²) in [5, 5.41) is 0.834. The van der Waals surface area contributed by atoms with E-state index in [4.69, 9.17) is 0 Å². The molecule has 3 heteroatoms. The zero-order valence-corrected chi connectivity index (χ0v) is 10.4. The Bertz CT molecular complexity index is 607. The molecule has 0 amide bonds. The van der Waals surface area contributed by atoms with Crippen LogP contribution in [0.3, 0.4) is 0 Å². The van der Waals surface area contributed by atoms with E-state index in [1.165, 1.54) is 30.6 Å². The van der Waals surface area contributed by atoms with Crippen LogP contribution in [-0.2, 0) is 6.42 Å². The van der Waals surface area contributed by atoms with Crippen LogP contribution < -0.4 is 0 Å². The van der Waals surface area contributed by atoms with E-state index >= 15 is 0 Å². The van der Waals surface area contributed by atoms with Gasteiger partial charge < -0.3 is 9.88 Å². The summed E-state index contributed by atoms with van der Waals surface area (Å²) in [7, 11) is 0. The number of hydrogen-bond acceptors (Lipinski definition) is 1. The van der Waals surface area contributed by atoms with Crippen molar-refractivity contribution < 1.29 is 5.82 Å². The minimum Gasteiger partial charge on any atom is -0.358 e. The van der Waals surface area contributed by atoms with E-state index in [2.05, 4.69) is 9.88 Å². The number of benzene rings is 1. The summed E-state index contributed by atoms with van der Waals surface area (Å²) >= 11 is 0. The molecule has 2 unspecified atom stereocenters. The average Bonchev–Trinajstić information content (AvgIpc) is 2.72. The molecular weight excluding hydrogens is 227 g/mol. The van der Waals surface area contributed by atoms with Gasteiger partial charge in [-0.25, -0.2) is 4.39 Å². The van der Waals surface area contributed by atoms with Gasteiger partial charge in [0.05, 0.1) is 0 Å². The van der Waals surface area contributed by atoms with Crippen molar-refractivity contribution in [2.75, 3.05) is 19.6 Å². The molecule has 0 saturated carbocycles. The van der Waals surface area contributed by atoms with Crippen molar-refractivity contribution >= 4 is 10.9 Å². The summed E-state index contributed by atoms with van der Waals surface area (Å²) in [6, 6.07) is 5.36. The highest BCUT2D eigenvalue weighted by molar-refractivity contribution is 5.85. The van der Waals surface area contributed by atoms with Gasteiger partial charge in [-0.3, -0.25) is 0 Å². The molecule has 2 bridgehead atoms. The maximum Gasteiger partial charge on any atom is 0.132 e. The fourth-order valence-corrected chi connectivity index (χ4v) is 3.66. The van der Waals surface area contributed by atoms with Crippen LogP contribution in [0, 0.1) is 5.82 Å². The SMILES string of the molecule is Fc1cccc2[nH]c3c(c12)CCN1CCCC3C1.[HH]. The number of H-pyrrole nitrogens is 1. The second-order valence-electron chi connectivity index (χ2n) is 5.57. The minimum absolute atomic E-state index is 0. The monoisotopic (exact) mass is 246 g/mol. The normalized spacial score (nSPS) is 26.9. The van der Waals surface area contributed by atoms with Gasteiger partial charge in [-0.1, -0.05) is 6.07 Å². The Labute approximate surface area is 107 Å². The molecule has 4 rings (SSSR count). The van der Waals surface area contributed by atoms with Gasteiger partial charge in [-0.15, -0.1) is 0 Å². The molecule has 3 heterocycles. The third kappa shape index (κ3) is 1.43. The van der Waals surface area contributed by atoms with E-state index in [0.717, 1.165) is 30.4 Å². The number of aromatic amines is 1. The highest BCUT2D eigenvalue weighted by Gasteiger charge is 2.29. The average molecular weight is 246 g/mol. The molecule has 2 aliphatic heterocycles. The number of halogens is 1. The van der Waals surface area contributed by atoms with Gasteiger partial charge in [0.1, 0.15) is 5.82 Å². The molecule has 96 valence electrons. The van der Waals surface area contributed by atoms with E-state index in [1.807, 2.05) is 6.07 Å². The predicted octanol–water partition coefficient (Wildman–Crippen LogP) is 3.29. The van der Waals surface area contributed by atoms with Crippen LogP contribution in [0.1, 0.15) is 31.4 Å². The van der Waals surface area contributed by atoms with E-state index < -0.39 is 0 Å². The van der Waals surface area contributed by atoms with Gasteiger partial charge in [-0.2, -0.15) is 0 Å². The van der Waals surface area contributed by atoms with Crippen LogP contribution in [0.5, 0.6) is 0 Å². The summed E-state index contributed by atoms with van der Waals surface area (Å²) in [5.41, 5.74) is 3.51. The van der Waals surface area contributed by atoms with Crippen LogP contribution in [0.25, 0.3) is 10.9 Å². The second-order valence-corrected chi connectivity index (χ2v) is 5.57. The lowest BCUT2D eigenvalue weighted by Crippen LogP contribution is -2.33. The Balaban J connectivity index is 0.00000110. The number of piperidine rings is 1. The van der Waals surface area contributed by atoms with Crippen molar-refractivity contribution in [2.24, 2.45) is 0 Å². The van der Waals surface area contributed by atoms with Crippen molar-refractivity contribution in [3.05, 3.63) is 35.3 Å². The summed E-state index contributed by atoms with van der Waals surface area (Å²) in [6.45, 7) is 3.42. The summed E-state index contributed by atoms with van der Waals surface area (Å²) < 4.78 is 14.1. The van der Waals surface area contributed by atoms with Crippen molar-refractivity contribution in [1.29, 1.82) is 0 Å². The molecule has 1 aromatic heterocycles. The van der Waals surface area contributed by atoms with Gasteiger partial charge in [-0.05, 0) is 43.5 Å². The molecule has 2 aliphatic rings. The number of aromatic nitrogens is 1. The molecule has 18 heavy (non-hydrogen) atoms. The Hall–Kier alpha value is -1.35. The van der Waals surface area contributed by atoms with Crippen molar-refractivity contribution in [1.82, 2.24) is 9.88 Å². The lowest BCUT2D eigenvalue weighted by atomic mass is 9.93. The second kappa shape index (κ2) is 3.82. The molecule has 0 radical (unpaired) electrons. The standard InChI is InChI=1S/C15H17FN2.H2/c16-12-4-1-5-13-14(12)11-6-8-18-7-2-3-10(9-18)15(11)17-13;/h1,4-5,10,17H,2-3,6-9H2;1H. The molecule has 1 aromatic carbocycles. The first kappa shape index (κ1) is 10.6. The third-order valence-electron chi connectivity index (χ3n) is 4.50. The van der Waals surface area contributed by atoms with Gasteiger partial charge in [0.15, 0.2) is 0 Å². The van der Waals surface area contributed by atoms with Crippen molar-refractivity contribution in [3.63, 3.8) is 0 Å². The first-order chi connectivity index (χ1) is 8.83. The molecule has 2 aromatic rings. The zero-order chi connectivity index (χ0) is 12.1. The van der Waals surface area contributed by atoms with Crippen LogP contribution in [-0.4, -0.2) is 29.5 Å². The lowest BCUT2D eigenvalue weighted by molar-refractivity contribution is 0.217. The first-order valence-corrected chi connectivity index (χ1v) is 6.84. The Kier molecular flexibility index (Phi) is 2.24. The van der Waals surface area contributed by atoms with Gasteiger partial charge >= 0.3 is 0 Å². The molecule has 1 N–H and O–H groups in total. The summed E-state index contributed by atoms with van der Waals surface area (Å²) in [5.74, 6) is 0.500. The molecule has 1 fully saturated rings.